The minimum atomic E-state index is -0.835. The Morgan fingerprint density at radius 3 is 2.80 bits per heavy atom. The summed E-state index contributed by atoms with van der Waals surface area (Å²) in [4.78, 5) is 11.2. The minimum Gasteiger partial charge on any atom is -0.494 e. The highest BCUT2D eigenvalue weighted by Crippen LogP contribution is 2.14. The number of carboxylic acids is 1. The third-order valence-electron chi connectivity index (χ3n) is 3.32. The van der Waals surface area contributed by atoms with Crippen LogP contribution in [0, 0.1) is 6.92 Å². The van der Waals surface area contributed by atoms with Gasteiger partial charge in [-0.05, 0) is 50.9 Å². The van der Waals surface area contributed by atoms with Gasteiger partial charge in [-0.25, -0.2) is 0 Å². The van der Waals surface area contributed by atoms with Crippen LogP contribution < -0.4 is 10.1 Å². The van der Waals surface area contributed by atoms with E-state index in [-0.39, 0.29) is 0 Å². The number of nitrogens with one attached hydrogen (secondary N) is 1. The molecule has 1 aromatic rings. The van der Waals surface area contributed by atoms with Gasteiger partial charge in [0.2, 0.25) is 0 Å². The van der Waals surface area contributed by atoms with Crippen molar-refractivity contribution in [2.45, 2.75) is 45.6 Å². The fraction of sp³-hybridized carbons (Fsp3) is 0.562. The number of carboxylic acid groups (broad SMARTS) is 1. The lowest BCUT2D eigenvalue weighted by Gasteiger charge is -2.25. The summed E-state index contributed by atoms with van der Waals surface area (Å²) in [6.45, 7) is 6.97. The molecule has 0 heterocycles. The van der Waals surface area contributed by atoms with Crippen LogP contribution in [0.3, 0.4) is 0 Å². The van der Waals surface area contributed by atoms with Crippen molar-refractivity contribution in [1.29, 1.82) is 0 Å². The smallest absolute Gasteiger partial charge is 0.323 e. The highest BCUT2D eigenvalue weighted by Gasteiger charge is 2.30. The van der Waals surface area contributed by atoms with Gasteiger partial charge in [0, 0.05) is 0 Å². The van der Waals surface area contributed by atoms with E-state index in [1.807, 2.05) is 38.1 Å². The molecule has 0 aliphatic carbocycles. The van der Waals surface area contributed by atoms with Gasteiger partial charge in [0.15, 0.2) is 0 Å². The van der Waals surface area contributed by atoms with E-state index in [0.717, 1.165) is 18.6 Å². The maximum atomic E-state index is 11.2. The summed E-state index contributed by atoms with van der Waals surface area (Å²) in [6, 6.07) is 7.91. The largest absolute Gasteiger partial charge is 0.494 e. The molecule has 4 nitrogen and oxygen atoms in total. The molecule has 1 unspecified atom stereocenters. The van der Waals surface area contributed by atoms with Crippen molar-refractivity contribution in [3.8, 4) is 5.75 Å². The number of carbonyl (C=O) groups is 1. The Balaban J connectivity index is 2.29. The van der Waals surface area contributed by atoms with Crippen molar-refractivity contribution in [1.82, 2.24) is 5.32 Å². The average Bonchev–Trinajstić information content (AvgIpc) is 2.38. The zero-order valence-electron chi connectivity index (χ0n) is 12.6. The molecule has 2 N–H and O–H groups in total. The van der Waals surface area contributed by atoms with Gasteiger partial charge in [-0.15, -0.1) is 0 Å². The molecule has 0 spiro atoms. The van der Waals surface area contributed by atoms with E-state index in [2.05, 4.69) is 5.32 Å². The van der Waals surface area contributed by atoms with Crippen molar-refractivity contribution in [3.05, 3.63) is 29.8 Å². The number of ether oxygens (including phenoxy) is 1. The second kappa shape index (κ2) is 7.90. The molecule has 1 atom stereocenters. The molecule has 4 heteroatoms. The number of aryl methyl sites for hydroxylation is 1. The number of hydrogen-bond donors (Lipinski definition) is 2. The van der Waals surface area contributed by atoms with Gasteiger partial charge >= 0.3 is 5.97 Å². The number of hydrogen-bond acceptors (Lipinski definition) is 3. The highest BCUT2D eigenvalue weighted by atomic mass is 16.5. The Morgan fingerprint density at radius 2 is 2.20 bits per heavy atom. The summed E-state index contributed by atoms with van der Waals surface area (Å²) in [5.41, 5.74) is 0.333. The normalized spacial score (nSPS) is 13.8. The molecule has 0 amide bonds. The first-order valence-electron chi connectivity index (χ1n) is 7.16. The van der Waals surface area contributed by atoms with E-state index in [1.54, 1.807) is 6.92 Å². The Morgan fingerprint density at radius 1 is 1.45 bits per heavy atom. The summed E-state index contributed by atoms with van der Waals surface area (Å²) in [6.07, 6.45) is 2.25. The first-order chi connectivity index (χ1) is 9.48. The SMILES string of the molecule is CCCC(C)(NCCCOc1cccc(C)c1)C(=O)O. The van der Waals surface area contributed by atoms with E-state index in [0.29, 0.717) is 19.6 Å². The summed E-state index contributed by atoms with van der Waals surface area (Å²) in [5, 5.41) is 12.3. The van der Waals surface area contributed by atoms with Gasteiger partial charge < -0.3 is 15.2 Å². The molecular weight excluding hydrogens is 254 g/mol. The quantitative estimate of drug-likeness (QED) is 0.682. The van der Waals surface area contributed by atoms with Crippen molar-refractivity contribution >= 4 is 5.97 Å². The molecule has 0 saturated carbocycles. The van der Waals surface area contributed by atoms with Gasteiger partial charge in [-0.2, -0.15) is 0 Å². The third kappa shape index (κ3) is 5.21. The van der Waals surface area contributed by atoms with Gasteiger partial charge in [-0.3, -0.25) is 4.79 Å². The van der Waals surface area contributed by atoms with Crippen LogP contribution >= 0.6 is 0 Å². The molecule has 20 heavy (non-hydrogen) atoms. The molecule has 0 radical (unpaired) electrons. The van der Waals surface area contributed by atoms with Crippen LogP contribution in [-0.4, -0.2) is 29.8 Å². The summed E-state index contributed by atoms with van der Waals surface area (Å²) in [7, 11) is 0. The van der Waals surface area contributed by atoms with Crippen LogP contribution in [0.2, 0.25) is 0 Å². The zero-order valence-corrected chi connectivity index (χ0v) is 12.6. The first kappa shape index (κ1) is 16.5. The molecule has 0 bridgehead atoms. The Bertz CT molecular complexity index is 433. The molecule has 0 aliphatic rings. The van der Waals surface area contributed by atoms with Crippen molar-refractivity contribution in [3.63, 3.8) is 0 Å². The van der Waals surface area contributed by atoms with Crippen molar-refractivity contribution in [2.24, 2.45) is 0 Å². The van der Waals surface area contributed by atoms with E-state index < -0.39 is 11.5 Å². The van der Waals surface area contributed by atoms with Gasteiger partial charge in [-0.1, -0.05) is 25.5 Å². The Kier molecular flexibility index (Phi) is 6.52. The Labute approximate surface area is 121 Å². The third-order valence-corrected chi connectivity index (χ3v) is 3.32. The minimum absolute atomic E-state index is 0.582. The number of benzene rings is 1. The first-order valence-corrected chi connectivity index (χ1v) is 7.16. The van der Waals surface area contributed by atoms with Crippen molar-refractivity contribution in [2.75, 3.05) is 13.2 Å². The van der Waals surface area contributed by atoms with Crippen molar-refractivity contribution < 1.29 is 14.6 Å². The zero-order chi connectivity index (χ0) is 15.0. The second-order valence-corrected chi connectivity index (χ2v) is 5.33. The van der Waals surface area contributed by atoms with Crippen LogP contribution in [0.15, 0.2) is 24.3 Å². The predicted molar refractivity (Wildman–Crippen MR) is 80.2 cm³/mol. The predicted octanol–water partition coefficient (Wildman–Crippen LogP) is 3.00. The molecule has 1 aromatic carbocycles. The van der Waals surface area contributed by atoms with Gasteiger partial charge in [0.05, 0.1) is 6.61 Å². The summed E-state index contributed by atoms with van der Waals surface area (Å²) < 4.78 is 5.63. The van der Waals surface area contributed by atoms with Crippen LogP contribution in [0.4, 0.5) is 0 Å². The van der Waals surface area contributed by atoms with Gasteiger partial charge in [0.1, 0.15) is 11.3 Å². The highest BCUT2D eigenvalue weighted by molar-refractivity contribution is 5.78. The van der Waals surface area contributed by atoms with Crippen LogP contribution in [0.25, 0.3) is 0 Å². The van der Waals surface area contributed by atoms with E-state index in [4.69, 9.17) is 4.74 Å². The Hall–Kier alpha value is -1.55. The van der Waals surface area contributed by atoms with Crippen LogP contribution in [0.1, 0.15) is 38.7 Å². The molecule has 0 fully saturated rings. The average molecular weight is 279 g/mol. The van der Waals surface area contributed by atoms with E-state index >= 15 is 0 Å². The topological polar surface area (TPSA) is 58.6 Å². The fourth-order valence-electron chi connectivity index (χ4n) is 2.10. The summed E-state index contributed by atoms with van der Waals surface area (Å²) in [5.74, 6) is 0.0681. The lowest BCUT2D eigenvalue weighted by molar-refractivity contribution is -0.144. The molecule has 112 valence electrons. The molecule has 1 rings (SSSR count). The molecule has 0 aromatic heterocycles. The summed E-state index contributed by atoms with van der Waals surface area (Å²) >= 11 is 0. The maximum absolute atomic E-state index is 11.2. The van der Waals surface area contributed by atoms with E-state index in [1.165, 1.54) is 5.56 Å². The van der Waals surface area contributed by atoms with Crippen LogP contribution in [-0.2, 0) is 4.79 Å². The second-order valence-electron chi connectivity index (χ2n) is 5.33. The van der Waals surface area contributed by atoms with E-state index in [9.17, 15) is 9.90 Å². The monoisotopic (exact) mass is 279 g/mol. The molecule has 0 saturated heterocycles. The molecular formula is C16H25NO3. The lowest BCUT2D eigenvalue weighted by atomic mass is 9.96. The number of rotatable bonds is 9. The molecule has 0 aliphatic heterocycles. The maximum Gasteiger partial charge on any atom is 0.323 e. The van der Waals surface area contributed by atoms with Crippen LogP contribution in [0.5, 0.6) is 5.75 Å². The van der Waals surface area contributed by atoms with Gasteiger partial charge in [0.25, 0.3) is 0 Å². The fourth-order valence-corrected chi connectivity index (χ4v) is 2.10. The standard InChI is InChI=1S/C16H25NO3/c1-4-9-16(3,15(18)19)17-10-6-11-20-14-8-5-7-13(2)12-14/h5,7-8,12,17H,4,6,9-11H2,1-3H3,(H,18,19). The number of aliphatic carboxylic acids is 1. The lowest BCUT2D eigenvalue weighted by Crippen LogP contribution is -2.49.